The molecule has 3 N–H and O–H groups in total. The first-order valence-electron chi connectivity index (χ1n) is 10.6. The lowest BCUT2D eigenvalue weighted by Gasteiger charge is -2.24. The van der Waals surface area contributed by atoms with Crippen LogP contribution in [0.1, 0.15) is 76.4 Å². The summed E-state index contributed by atoms with van der Waals surface area (Å²) in [7, 11) is 0. The van der Waals surface area contributed by atoms with Crippen molar-refractivity contribution in [2.24, 2.45) is 0 Å². The van der Waals surface area contributed by atoms with E-state index >= 15 is 0 Å². The monoisotopic (exact) mass is 430 g/mol. The van der Waals surface area contributed by atoms with Crippen LogP contribution in [0.25, 0.3) is 0 Å². The zero-order chi connectivity index (χ0) is 22.6. The van der Waals surface area contributed by atoms with Crippen molar-refractivity contribution in [3.05, 3.63) is 34.7 Å². The Kier molecular flexibility index (Phi) is 6.85. The Morgan fingerprint density at radius 3 is 1.90 bits per heavy atom. The van der Waals surface area contributed by atoms with Crippen LogP contribution in [0.4, 0.5) is 0 Å². The Balaban J connectivity index is 1.85. The summed E-state index contributed by atoms with van der Waals surface area (Å²) in [5, 5.41) is 40.7. The Bertz CT molecular complexity index is 905. The molecule has 11 nitrogen and oxygen atoms in total. The average Bonchev–Trinajstić information content (AvgIpc) is 3.39. The second-order valence-electron chi connectivity index (χ2n) is 9.93. The minimum absolute atomic E-state index is 0.119. The molecule has 0 radical (unpaired) electrons. The van der Waals surface area contributed by atoms with Gasteiger partial charge in [-0.25, -0.2) is 0 Å². The lowest BCUT2D eigenvalue weighted by Crippen LogP contribution is -2.27. The zero-order valence-corrected chi connectivity index (χ0v) is 19.3. The maximum Gasteiger partial charge on any atom is 0.100 e. The first-order valence-corrected chi connectivity index (χ1v) is 10.6. The van der Waals surface area contributed by atoms with Gasteiger partial charge in [0.05, 0.1) is 17.1 Å². The molecule has 3 aromatic rings. The summed E-state index contributed by atoms with van der Waals surface area (Å²) in [6, 6.07) is 0. The number of aliphatic hydroxyl groups excluding tert-OH is 1. The first kappa shape index (κ1) is 23.0. The number of nitrogens with one attached hydrogen (secondary N) is 2. The van der Waals surface area contributed by atoms with Gasteiger partial charge < -0.3 is 5.11 Å². The number of aromatic nitrogens is 9. The molecular formula is C20H34N10O. The summed E-state index contributed by atoms with van der Waals surface area (Å²) in [6.07, 6.45) is 2.57. The summed E-state index contributed by atoms with van der Waals surface area (Å²) in [5.41, 5.74) is 4.31. The van der Waals surface area contributed by atoms with Crippen LogP contribution in [0.15, 0.2) is 6.20 Å². The minimum Gasteiger partial charge on any atom is -0.396 e. The molecule has 3 rings (SSSR count). The topological polar surface area (TPSA) is 137 Å². The number of rotatable bonds is 9. The summed E-state index contributed by atoms with van der Waals surface area (Å²) >= 11 is 0. The highest BCUT2D eigenvalue weighted by molar-refractivity contribution is 5.20. The van der Waals surface area contributed by atoms with Gasteiger partial charge in [-0.3, -0.25) is 9.58 Å². The van der Waals surface area contributed by atoms with Crippen molar-refractivity contribution in [2.45, 2.75) is 85.0 Å². The molecule has 0 unspecified atom stereocenters. The molecule has 0 aliphatic carbocycles. The Hall–Kier alpha value is -2.66. The molecule has 0 aromatic carbocycles. The molecule has 3 aromatic heterocycles. The quantitative estimate of drug-likeness (QED) is 0.466. The van der Waals surface area contributed by atoms with Crippen LogP contribution in [0, 0.1) is 0 Å². The van der Waals surface area contributed by atoms with Gasteiger partial charge in [0, 0.05) is 49.8 Å². The van der Waals surface area contributed by atoms with Gasteiger partial charge in [-0.15, -0.1) is 5.10 Å². The molecule has 3 heterocycles. The lowest BCUT2D eigenvalue weighted by atomic mass is 9.90. The van der Waals surface area contributed by atoms with Gasteiger partial charge in [0.1, 0.15) is 11.4 Å². The molecule has 0 aliphatic rings. The van der Waals surface area contributed by atoms with Crippen molar-refractivity contribution >= 4 is 0 Å². The summed E-state index contributed by atoms with van der Waals surface area (Å²) in [4.78, 5) is 2.22. The highest BCUT2D eigenvalue weighted by Crippen LogP contribution is 2.26. The zero-order valence-electron chi connectivity index (χ0n) is 19.3. The molecule has 11 heteroatoms. The van der Waals surface area contributed by atoms with Crippen LogP contribution < -0.4 is 0 Å². The van der Waals surface area contributed by atoms with Gasteiger partial charge in [0.2, 0.25) is 0 Å². The Labute approximate surface area is 182 Å². The van der Waals surface area contributed by atoms with Crippen molar-refractivity contribution < 1.29 is 5.11 Å². The molecule has 0 saturated carbocycles. The first-order chi connectivity index (χ1) is 14.6. The molecule has 0 spiro atoms. The number of H-pyrrole nitrogens is 2. The van der Waals surface area contributed by atoms with Crippen molar-refractivity contribution in [1.82, 2.24) is 50.7 Å². The normalized spacial score (nSPS) is 12.8. The Morgan fingerprint density at radius 1 is 0.871 bits per heavy atom. The number of aliphatic hydroxyl groups is 1. The van der Waals surface area contributed by atoms with E-state index in [4.69, 9.17) is 5.11 Å². The van der Waals surface area contributed by atoms with E-state index in [1.165, 1.54) is 0 Å². The summed E-state index contributed by atoms with van der Waals surface area (Å²) < 4.78 is 1.76. The molecule has 31 heavy (non-hydrogen) atoms. The van der Waals surface area contributed by atoms with E-state index in [0.717, 1.165) is 28.5 Å². The molecule has 170 valence electrons. The van der Waals surface area contributed by atoms with Crippen LogP contribution in [0.2, 0.25) is 0 Å². The van der Waals surface area contributed by atoms with Crippen molar-refractivity contribution in [2.75, 3.05) is 6.61 Å². The molecule has 0 bridgehead atoms. The SMILES string of the molecule is CC(C)(C)c1n[nH]nc1CN(Cc1cn(CCCO)nn1)Cc1n[nH]nc1C(C)(C)C. The maximum absolute atomic E-state index is 9.05. The standard InChI is InChI=1S/C20H34N10O/c1-19(2,3)17-15(22-26-24-17)12-29(10-14-11-30(28-21-14)8-7-9-31)13-16-18(20(4,5)6)25-27-23-16/h11,31H,7-10,12-13H2,1-6H3,(H,22,24,26)(H,23,25,27). The minimum atomic E-state index is -0.119. The predicted octanol–water partition coefficient (Wildman–Crippen LogP) is 1.69. The molecule has 0 amide bonds. The highest BCUT2D eigenvalue weighted by Gasteiger charge is 2.27. The molecule has 0 saturated heterocycles. The van der Waals surface area contributed by atoms with Crippen LogP contribution >= 0.6 is 0 Å². The third-order valence-electron chi connectivity index (χ3n) is 4.92. The van der Waals surface area contributed by atoms with E-state index in [1.807, 2.05) is 6.20 Å². The predicted molar refractivity (Wildman–Crippen MR) is 115 cm³/mol. The lowest BCUT2D eigenvalue weighted by molar-refractivity contribution is 0.235. The van der Waals surface area contributed by atoms with Gasteiger partial charge in [0.15, 0.2) is 0 Å². The number of aromatic amines is 2. The number of aryl methyl sites for hydroxylation is 1. The van der Waals surface area contributed by atoms with Crippen LogP contribution in [0.3, 0.4) is 0 Å². The van der Waals surface area contributed by atoms with E-state index in [9.17, 15) is 0 Å². The van der Waals surface area contributed by atoms with E-state index < -0.39 is 0 Å². The van der Waals surface area contributed by atoms with Crippen molar-refractivity contribution in [1.29, 1.82) is 0 Å². The fourth-order valence-corrected chi connectivity index (χ4v) is 3.50. The molecule has 0 atom stereocenters. The molecule has 0 fully saturated rings. The van der Waals surface area contributed by atoms with Crippen molar-refractivity contribution in [3.8, 4) is 0 Å². The average molecular weight is 431 g/mol. The van der Waals surface area contributed by atoms with Gasteiger partial charge in [-0.05, 0) is 6.42 Å². The highest BCUT2D eigenvalue weighted by atomic mass is 16.3. The van der Waals surface area contributed by atoms with Gasteiger partial charge in [-0.1, -0.05) is 46.8 Å². The van der Waals surface area contributed by atoms with Gasteiger partial charge in [0.25, 0.3) is 0 Å². The van der Waals surface area contributed by atoms with E-state index in [-0.39, 0.29) is 17.4 Å². The molecule has 0 aliphatic heterocycles. The van der Waals surface area contributed by atoms with Crippen molar-refractivity contribution in [3.63, 3.8) is 0 Å². The smallest absolute Gasteiger partial charge is 0.100 e. The summed E-state index contributed by atoms with van der Waals surface area (Å²) in [5.74, 6) is 0. The van der Waals surface area contributed by atoms with Crippen LogP contribution in [-0.2, 0) is 37.0 Å². The maximum atomic E-state index is 9.05. The third-order valence-corrected chi connectivity index (χ3v) is 4.92. The number of nitrogens with zero attached hydrogens (tertiary/aromatic N) is 8. The van der Waals surface area contributed by atoms with Crippen LogP contribution in [-0.4, -0.2) is 62.4 Å². The fraction of sp³-hybridized carbons (Fsp3) is 0.700. The van der Waals surface area contributed by atoms with Crippen LogP contribution in [0.5, 0.6) is 0 Å². The molecular weight excluding hydrogens is 396 g/mol. The van der Waals surface area contributed by atoms with E-state index in [0.29, 0.717) is 32.6 Å². The number of hydrogen-bond donors (Lipinski definition) is 3. The second-order valence-corrected chi connectivity index (χ2v) is 9.93. The Morgan fingerprint density at radius 2 is 1.42 bits per heavy atom. The fourth-order valence-electron chi connectivity index (χ4n) is 3.50. The third kappa shape index (κ3) is 5.95. The van der Waals surface area contributed by atoms with E-state index in [2.05, 4.69) is 87.6 Å². The number of hydrogen-bond acceptors (Lipinski definition) is 8. The van der Waals surface area contributed by atoms with E-state index in [1.54, 1.807) is 4.68 Å². The van der Waals surface area contributed by atoms with Gasteiger partial charge >= 0.3 is 0 Å². The largest absolute Gasteiger partial charge is 0.396 e. The second kappa shape index (κ2) is 9.23. The van der Waals surface area contributed by atoms with Gasteiger partial charge in [-0.2, -0.15) is 30.8 Å². The summed E-state index contributed by atoms with van der Waals surface area (Å²) in [6.45, 7) is 15.3.